The van der Waals surface area contributed by atoms with Gasteiger partial charge < -0.3 is 5.11 Å². The molecule has 1 nitrogen and oxygen atoms in total. The van der Waals surface area contributed by atoms with E-state index in [1.165, 1.54) is 0 Å². The molecule has 0 unspecified atom stereocenters. The predicted molar refractivity (Wildman–Crippen MR) is 48.8 cm³/mol. The van der Waals surface area contributed by atoms with Crippen LogP contribution in [0.3, 0.4) is 0 Å². The van der Waals surface area contributed by atoms with Crippen LogP contribution in [0.15, 0.2) is 17.0 Å². The Morgan fingerprint density at radius 1 is 1.50 bits per heavy atom. The van der Waals surface area contributed by atoms with Crippen molar-refractivity contribution >= 4 is 11.8 Å². The molecule has 0 aliphatic carbocycles. The van der Waals surface area contributed by atoms with Gasteiger partial charge in [-0.25, -0.2) is 4.39 Å². The van der Waals surface area contributed by atoms with Crippen molar-refractivity contribution in [1.29, 1.82) is 0 Å². The van der Waals surface area contributed by atoms with E-state index in [4.69, 9.17) is 5.11 Å². The maximum Gasteiger partial charge on any atom is 0.131 e. The summed E-state index contributed by atoms with van der Waals surface area (Å²) in [6.07, 6.45) is 1.92. The van der Waals surface area contributed by atoms with Crippen molar-refractivity contribution in [3.63, 3.8) is 0 Å². The van der Waals surface area contributed by atoms with Crippen LogP contribution in [0, 0.1) is 12.7 Å². The highest BCUT2D eigenvalue weighted by atomic mass is 32.2. The van der Waals surface area contributed by atoms with Crippen LogP contribution in [0.25, 0.3) is 0 Å². The number of aliphatic hydroxyl groups is 1. The summed E-state index contributed by atoms with van der Waals surface area (Å²) in [7, 11) is 0. The van der Waals surface area contributed by atoms with Crippen LogP contribution in [0.1, 0.15) is 11.1 Å². The normalized spacial score (nSPS) is 10.3. The lowest BCUT2D eigenvalue weighted by Crippen LogP contribution is -1.93. The molecule has 0 aliphatic rings. The molecule has 1 aromatic carbocycles. The molecule has 0 amide bonds. The first-order chi connectivity index (χ1) is 5.69. The number of thioether (sulfide) groups is 1. The van der Waals surface area contributed by atoms with Crippen LogP contribution in [0.4, 0.5) is 4.39 Å². The molecular weight excluding hydrogens is 175 g/mol. The molecule has 0 saturated heterocycles. The van der Waals surface area contributed by atoms with E-state index < -0.39 is 0 Å². The molecule has 3 heteroatoms. The van der Waals surface area contributed by atoms with Gasteiger partial charge >= 0.3 is 0 Å². The quantitative estimate of drug-likeness (QED) is 0.715. The molecule has 1 rings (SSSR count). The summed E-state index contributed by atoms with van der Waals surface area (Å²) >= 11 is 1.54. The van der Waals surface area contributed by atoms with Gasteiger partial charge in [0.2, 0.25) is 0 Å². The van der Waals surface area contributed by atoms with E-state index in [2.05, 4.69) is 0 Å². The van der Waals surface area contributed by atoms with Crippen molar-refractivity contribution in [2.45, 2.75) is 18.4 Å². The lowest BCUT2D eigenvalue weighted by Gasteiger charge is -2.05. The zero-order valence-corrected chi connectivity index (χ0v) is 7.91. The van der Waals surface area contributed by atoms with Gasteiger partial charge in [-0.15, -0.1) is 11.8 Å². The minimum absolute atomic E-state index is 0.235. The molecule has 0 heterocycles. The Hall–Kier alpha value is -0.540. The molecule has 0 atom stereocenters. The smallest absolute Gasteiger partial charge is 0.131 e. The largest absolute Gasteiger partial charge is 0.392 e. The number of hydrogen-bond acceptors (Lipinski definition) is 2. The van der Waals surface area contributed by atoms with Gasteiger partial charge in [0, 0.05) is 10.5 Å². The molecule has 0 radical (unpaired) electrons. The van der Waals surface area contributed by atoms with E-state index in [9.17, 15) is 4.39 Å². The second-order valence-electron chi connectivity index (χ2n) is 2.58. The lowest BCUT2D eigenvalue weighted by atomic mass is 10.1. The van der Waals surface area contributed by atoms with E-state index >= 15 is 0 Å². The molecule has 0 aliphatic heterocycles. The summed E-state index contributed by atoms with van der Waals surface area (Å²) in [6, 6.07) is 3.45. The molecule has 12 heavy (non-hydrogen) atoms. The lowest BCUT2D eigenvalue weighted by molar-refractivity contribution is 0.275. The van der Waals surface area contributed by atoms with Crippen LogP contribution in [0.5, 0.6) is 0 Å². The Morgan fingerprint density at radius 3 is 2.67 bits per heavy atom. The highest BCUT2D eigenvalue weighted by molar-refractivity contribution is 7.98. The SMILES string of the molecule is CSc1cc(C)c(F)c(CO)c1. The summed E-state index contributed by atoms with van der Waals surface area (Å²) in [5, 5.41) is 8.81. The Balaban J connectivity index is 3.19. The van der Waals surface area contributed by atoms with Gasteiger partial charge in [-0.1, -0.05) is 0 Å². The molecule has 1 aromatic rings. The Kier molecular flexibility index (Phi) is 3.12. The van der Waals surface area contributed by atoms with Crippen molar-refractivity contribution in [2.75, 3.05) is 6.26 Å². The zero-order chi connectivity index (χ0) is 9.14. The molecular formula is C9H11FOS. The highest BCUT2D eigenvalue weighted by Crippen LogP contribution is 2.21. The summed E-state index contributed by atoms with van der Waals surface area (Å²) in [4.78, 5) is 0.984. The van der Waals surface area contributed by atoms with E-state index in [0.717, 1.165) is 4.90 Å². The van der Waals surface area contributed by atoms with Crippen LogP contribution in [0.2, 0.25) is 0 Å². The van der Waals surface area contributed by atoms with Gasteiger partial charge in [0.1, 0.15) is 5.82 Å². The number of halogens is 1. The molecule has 66 valence electrons. The average molecular weight is 186 g/mol. The standard InChI is InChI=1S/C9H11FOS/c1-6-3-8(12-2)4-7(5-11)9(6)10/h3-4,11H,5H2,1-2H3. The topological polar surface area (TPSA) is 20.2 Å². The number of aryl methyl sites for hydroxylation is 1. The van der Waals surface area contributed by atoms with Crippen LogP contribution in [-0.4, -0.2) is 11.4 Å². The summed E-state index contributed by atoms with van der Waals surface area (Å²) in [6.45, 7) is 1.47. The average Bonchev–Trinajstić information content (AvgIpc) is 2.09. The third-order valence-corrected chi connectivity index (χ3v) is 2.42. The monoisotopic (exact) mass is 186 g/mol. The number of benzene rings is 1. The molecule has 0 spiro atoms. The van der Waals surface area contributed by atoms with E-state index in [0.29, 0.717) is 11.1 Å². The first kappa shape index (κ1) is 9.55. The number of rotatable bonds is 2. The van der Waals surface area contributed by atoms with Gasteiger partial charge in [-0.3, -0.25) is 0 Å². The fourth-order valence-electron chi connectivity index (χ4n) is 1.04. The number of hydrogen-bond donors (Lipinski definition) is 1. The van der Waals surface area contributed by atoms with E-state index in [1.54, 1.807) is 30.8 Å². The Labute approximate surface area is 75.6 Å². The van der Waals surface area contributed by atoms with Gasteiger partial charge in [0.15, 0.2) is 0 Å². The molecule has 1 N–H and O–H groups in total. The third-order valence-electron chi connectivity index (χ3n) is 1.71. The van der Waals surface area contributed by atoms with Crippen molar-refractivity contribution in [3.8, 4) is 0 Å². The summed E-state index contributed by atoms with van der Waals surface area (Å²) < 4.78 is 13.1. The fraction of sp³-hybridized carbons (Fsp3) is 0.333. The first-order valence-corrected chi connectivity index (χ1v) is 4.85. The maximum atomic E-state index is 13.1. The second kappa shape index (κ2) is 3.92. The Bertz CT molecular complexity index is 286. The van der Waals surface area contributed by atoms with E-state index in [-0.39, 0.29) is 12.4 Å². The van der Waals surface area contributed by atoms with Gasteiger partial charge in [0.05, 0.1) is 6.61 Å². The minimum atomic E-state index is -0.296. The zero-order valence-electron chi connectivity index (χ0n) is 7.10. The number of aliphatic hydroxyl groups excluding tert-OH is 1. The maximum absolute atomic E-state index is 13.1. The molecule has 0 saturated carbocycles. The van der Waals surface area contributed by atoms with Crippen molar-refractivity contribution in [1.82, 2.24) is 0 Å². The van der Waals surface area contributed by atoms with Gasteiger partial charge in [0.25, 0.3) is 0 Å². The molecule has 0 aromatic heterocycles. The second-order valence-corrected chi connectivity index (χ2v) is 3.46. The van der Waals surface area contributed by atoms with Crippen LogP contribution >= 0.6 is 11.8 Å². The van der Waals surface area contributed by atoms with E-state index in [1.807, 2.05) is 6.26 Å². The predicted octanol–water partition coefficient (Wildman–Crippen LogP) is 2.35. The van der Waals surface area contributed by atoms with Gasteiger partial charge in [-0.2, -0.15) is 0 Å². The third kappa shape index (κ3) is 1.79. The fourth-order valence-corrected chi connectivity index (χ4v) is 1.59. The summed E-state index contributed by atoms with van der Waals surface area (Å²) in [5.74, 6) is -0.296. The van der Waals surface area contributed by atoms with Crippen molar-refractivity contribution in [3.05, 3.63) is 29.1 Å². The first-order valence-electron chi connectivity index (χ1n) is 3.63. The molecule has 0 bridgehead atoms. The van der Waals surface area contributed by atoms with Crippen molar-refractivity contribution in [2.24, 2.45) is 0 Å². The van der Waals surface area contributed by atoms with Gasteiger partial charge in [-0.05, 0) is 30.9 Å². The Morgan fingerprint density at radius 2 is 2.17 bits per heavy atom. The van der Waals surface area contributed by atoms with Crippen LogP contribution < -0.4 is 0 Å². The van der Waals surface area contributed by atoms with Crippen LogP contribution in [-0.2, 0) is 6.61 Å². The molecule has 0 fully saturated rings. The summed E-state index contributed by atoms with van der Waals surface area (Å²) in [5.41, 5.74) is 0.963. The highest BCUT2D eigenvalue weighted by Gasteiger charge is 2.05. The minimum Gasteiger partial charge on any atom is -0.392 e. The van der Waals surface area contributed by atoms with Crippen molar-refractivity contribution < 1.29 is 9.50 Å².